The molecule has 4 rings (SSSR count). The summed E-state index contributed by atoms with van der Waals surface area (Å²) in [6.45, 7) is 1.08. The van der Waals surface area contributed by atoms with Gasteiger partial charge in [-0.3, -0.25) is 4.79 Å². The number of anilines is 1. The Hall–Kier alpha value is -1.64. The van der Waals surface area contributed by atoms with Crippen LogP contribution in [0, 0.1) is 0 Å². The Morgan fingerprint density at radius 2 is 1.76 bits per heavy atom. The number of carbonyl (C=O) groups is 1. The van der Waals surface area contributed by atoms with Crippen molar-refractivity contribution in [3.8, 4) is 0 Å². The van der Waals surface area contributed by atoms with Crippen molar-refractivity contribution in [1.82, 2.24) is 9.62 Å². The highest BCUT2D eigenvalue weighted by Crippen LogP contribution is 2.38. The molecule has 1 saturated carbocycles. The summed E-state index contributed by atoms with van der Waals surface area (Å²) >= 11 is 0. The van der Waals surface area contributed by atoms with Gasteiger partial charge in [-0.1, -0.05) is 18.2 Å². The van der Waals surface area contributed by atoms with E-state index in [9.17, 15) is 13.2 Å². The van der Waals surface area contributed by atoms with Gasteiger partial charge in [0.25, 0.3) is 0 Å². The van der Waals surface area contributed by atoms with Gasteiger partial charge in [0.15, 0.2) is 0 Å². The number of nitrogens with one attached hydrogen (secondary N) is 1. The molecule has 0 aromatic heterocycles. The van der Waals surface area contributed by atoms with Gasteiger partial charge in [0.05, 0.1) is 25.0 Å². The molecule has 0 saturated heterocycles. The topological polar surface area (TPSA) is 79.0 Å². The third-order valence-corrected chi connectivity index (χ3v) is 6.70. The molecule has 29 heavy (non-hydrogen) atoms. The molecule has 8 heteroatoms. The highest BCUT2D eigenvalue weighted by atomic mass is 32.2. The Labute approximate surface area is 174 Å². The summed E-state index contributed by atoms with van der Waals surface area (Å²) < 4.78 is 31.9. The van der Waals surface area contributed by atoms with Gasteiger partial charge < -0.3 is 14.5 Å². The number of hydrogen-bond acceptors (Lipinski definition) is 5. The molecule has 1 aromatic carbocycles. The largest absolute Gasteiger partial charge is 0.374 e. The summed E-state index contributed by atoms with van der Waals surface area (Å²) in [5.74, 6) is 0.496. The van der Waals surface area contributed by atoms with Crippen LogP contribution in [0.1, 0.15) is 43.6 Å². The van der Waals surface area contributed by atoms with Crippen molar-refractivity contribution in [1.29, 1.82) is 0 Å². The number of para-hydroxylation sites is 1. The zero-order chi connectivity index (χ0) is 21.0. The van der Waals surface area contributed by atoms with Gasteiger partial charge in [-0.25, -0.2) is 13.1 Å². The van der Waals surface area contributed by atoms with Gasteiger partial charge in [-0.05, 0) is 49.7 Å². The first-order chi connectivity index (χ1) is 13.7. The lowest BCUT2D eigenvalue weighted by Crippen LogP contribution is -2.42. The lowest BCUT2D eigenvalue weighted by atomic mass is 9.81. The maximum atomic E-state index is 12.7. The zero-order valence-electron chi connectivity index (χ0n) is 17.6. The van der Waals surface area contributed by atoms with Crippen molar-refractivity contribution < 1.29 is 17.9 Å². The number of ether oxygens (including phenoxy) is 1. The first-order valence-corrected chi connectivity index (χ1v) is 12.3. The van der Waals surface area contributed by atoms with E-state index in [0.717, 1.165) is 37.6 Å². The molecule has 1 N–H and O–H groups in total. The van der Waals surface area contributed by atoms with Crippen LogP contribution in [0.25, 0.3) is 0 Å². The van der Waals surface area contributed by atoms with E-state index in [1.165, 1.54) is 5.56 Å². The third kappa shape index (κ3) is 6.17. The zero-order valence-corrected chi connectivity index (χ0v) is 18.5. The fraction of sp³-hybridized carbons (Fsp3) is 0.667. The normalized spacial score (nSPS) is 26.9. The first-order valence-electron chi connectivity index (χ1n) is 10.4. The van der Waals surface area contributed by atoms with Crippen molar-refractivity contribution >= 4 is 21.6 Å². The molecule has 1 unspecified atom stereocenters. The van der Waals surface area contributed by atoms with E-state index in [-0.39, 0.29) is 24.7 Å². The molecule has 1 aromatic rings. The summed E-state index contributed by atoms with van der Waals surface area (Å²) in [4.78, 5) is 16.5. The highest BCUT2D eigenvalue weighted by Gasteiger charge is 2.28. The van der Waals surface area contributed by atoms with Crippen molar-refractivity contribution in [3.63, 3.8) is 0 Å². The molecule has 1 aliphatic carbocycles. The Balaban J connectivity index is 1.81. The van der Waals surface area contributed by atoms with E-state index in [1.54, 1.807) is 11.9 Å². The van der Waals surface area contributed by atoms with Gasteiger partial charge in [0.2, 0.25) is 15.9 Å². The molecule has 0 spiro atoms. The monoisotopic (exact) mass is 423 g/mol. The lowest BCUT2D eigenvalue weighted by molar-refractivity contribution is -0.129. The van der Waals surface area contributed by atoms with Gasteiger partial charge >= 0.3 is 0 Å². The number of rotatable bonds is 3. The van der Waals surface area contributed by atoms with Crippen LogP contribution < -0.4 is 9.62 Å². The molecule has 0 radical (unpaired) electrons. The fourth-order valence-corrected chi connectivity index (χ4v) is 4.78. The van der Waals surface area contributed by atoms with E-state index >= 15 is 0 Å². The quantitative estimate of drug-likeness (QED) is 0.804. The third-order valence-electron chi connectivity index (χ3n) is 6.00. The van der Waals surface area contributed by atoms with Crippen LogP contribution in [0.5, 0.6) is 0 Å². The molecule has 1 atom stereocenters. The van der Waals surface area contributed by atoms with E-state index in [2.05, 4.69) is 22.9 Å². The van der Waals surface area contributed by atoms with E-state index in [0.29, 0.717) is 25.4 Å². The second-order valence-electron chi connectivity index (χ2n) is 8.37. The van der Waals surface area contributed by atoms with Crippen LogP contribution >= 0.6 is 0 Å². The van der Waals surface area contributed by atoms with E-state index in [4.69, 9.17) is 4.74 Å². The second-order valence-corrected chi connectivity index (χ2v) is 10.2. The smallest absolute Gasteiger partial charge is 0.241 e. The van der Waals surface area contributed by atoms with E-state index in [1.807, 2.05) is 18.0 Å². The van der Waals surface area contributed by atoms with Crippen LogP contribution in [0.4, 0.5) is 5.69 Å². The standard InChI is InChI=1S/C21H33N3O4S/c1-23-13-12-18(14-22-29(3,26)27)28-17-10-8-16(9-11-17)19-6-4-5-7-20(19)24(2)15-21(23)25/h4-7,16-18,22H,8-15H2,1-3H3. The van der Waals surface area contributed by atoms with Gasteiger partial charge in [0.1, 0.15) is 0 Å². The van der Waals surface area contributed by atoms with Crippen molar-refractivity contribution in [2.24, 2.45) is 0 Å². The van der Waals surface area contributed by atoms with Crippen LogP contribution in [0.2, 0.25) is 0 Å². The Kier molecular flexibility index (Phi) is 7.19. The molecule has 1 amide bonds. The minimum Gasteiger partial charge on any atom is -0.374 e. The molecule has 2 aliphatic heterocycles. The number of fused-ring (bicyclic) bond motifs is 9. The average molecular weight is 424 g/mol. The van der Waals surface area contributed by atoms with Crippen LogP contribution in [-0.4, -0.2) is 71.4 Å². The predicted molar refractivity (Wildman–Crippen MR) is 115 cm³/mol. The van der Waals surface area contributed by atoms with Crippen molar-refractivity contribution in [2.75, 3.05) is 44.9 Å². The maximum absolute atomic E-state index is 12.7. The summed E-state index contributed by atoms with van der Waals surface area (Å²) in [7, 11) is 0.488. The Bertz CT molecular complexity index is 806. The van der Waals surface area contributed by atoms with Crippen molar-refractivity contribution in [3.05, 3.63) is 29.8 Å². The molecule has 162 valence electrons. The molecule has 2 heterocycles. The molecule has 7 nitrogen and oxygen atoms in total. The minimum absolute atomic E-state index is 0.0411. The van der Waals surface area contributed by atoms with E-state index < -0.39 is 10.0 Å². The molecular weight excluding hydrogens is 390 g/mol. The number of carbonyl (C=O) groups excluding carboxylic acids is 1. The number of nitrogens with zero attached hydrogens (tertiary/aromatic N) is 2. The lowest BCUT2D eigenvalue weighted by Gasteiger charge is -2.35. The van der Waals surface area contributed by atoms with Gasteiger partial charge in [0, 0.05) is 32.9 Å². The highest BCUT2D eigenvalue weighted by molar-refractivity contribution is 7.88. The summed E-state index contributed by atoms with van der Waals surface area (Å²) in [5.41, 5.74) is 2.43. The van der Waals surface area contributed by atoms with Gasteiger partial charge in [-0.15, -0.1) is 0 Å². The summed E-state index contributed by atoms with van der Waals surface area (Å²) in [6.07, 6.45) is 5.65. The number of amides is 1. The summed E-state index contributed by atoms with van der Waals surface area (Å²) in [6, 6.07) is 8.38. The molecule has 3 aliphatic rings. The van der Waals surface area contributed by atoms with Crippen LogP contribution in [0.15, 0.2) is 24.3 Å². The van der Waals surface area contributed by atoms with Crippen LogP contribution in [0.3, 0.4) is 0 Å². The Morgan fingerprint density at radius 1 is 1.07 bits per heavy atom. The number of sulfonamides is 1. The molecule has 2 bridgehead atoms. The van der Waals surface area contributed by atoms with Gasteiger partial charge in [-0.2, -0.15) is 0 Å². The van der Waals surface area contributed by atoms with Crippen LogP contribution in [-0.2, 0) is 19.6 Å². The summed E-state index contributed by atoms with van der Waals surface area (Å²) in [5, 5.41) is 0. The SMILES string of the molecule is CN1CCC(CNS(C)(=O)=O)OC2CCC(CC2)c2ccccc2N(C)CC1=O. The fourth-order valence-electron chi connectivity index (χ4n) is 4.30. The maximum Gasteiger partial charge on any atom is 0.241 e. The average Bonchev–Trinajstić information content (AvgIpc) is 2.69. The first kappa shape index (κ1) is 22.1. The second kappa shape index (κ2) is 9.45. The molecular formula is C21H33N3O4S. The van der Waals surface area contributed by atoms with Crippen molar-refractivity contribution in [2.45, 2.75) is 50.2 Å². The number of likely N-dealkylation sites (N-methyl/N-ethyl adjacent to an activating group) is 2. The Morgan fingerprint density at radius 3 is 2.45 bits per heavy atom. The number of benzene rings is 1. The number of hydrogen-bond donors (Lipinski definition) is 1. The minimum atomic E-state index is -3.28. The predicted octanol–water partition coefficient (Wildman–Crippen LogP) is 1.95. The molecule has 1 fully saturated rings.